The first-order valence-electron chi connectivity index (χ1n) is 38.2. The smallest absolute Gasteiger partial charge is 0.508 e. The summed E-state index contributed by atoms with van der Waals surface area (Å²) in [4.78, 5) is 51.0. The number of aromatic hydroxyl groups is 5. The fourth-order valence-corrected chi connectivity index (χ4v) is 14.0. The average Bonchev–Trinajstić information content (AvgIpc) is 0.793. The molecule has 0 radical (unpaired) electrons. The van der Waals surface area contributed by atoms with Gasteiger partial charge in [0.05, 0.1) is 0 Å². The molecule has 0 saturated carbocycles. The van der Waals surface area contributed by atoms with E-state index in [0.717, 1.165) is 62.1 Å². The van der Waals surface area contributed by atoms with E-state index in [1.165, 1.54) is 0 Å². The third-order valence-corrected chi connectivity index (χ3v) is 20.3. The van der Waals surface area contributed by atoms with Crippen molar-refractivity contribution in [2.24, 2.45) is 0 Å². The fourth-order valence-electron chi connectivity index (χ4n) is 14.0. The molecular formula is C94H110O17. The molecule has 0 aliphatic rings. The molecule has 0 aliphatic heterocycles. The number of benzene rings is 9. The lowest BCUT2D eigenvalue weighted by molar-refractivity contribution is 0.0191. The summed E-state index contributed by atoms with van der Waals surface area (Å²) in [5.74, 6) is -0.276. The topological polar surface area (TPSA) is 243 Å². The molecule has 588 valence electrons. The highest BCUT2D eigenvalue weighted by Gasteiger charge is 2.31. The predicted molar refractivity (Wildman–Crippen MR) is 432 cm³/mol. The van der Waals surface area contributed by atoms with Gasteiger partial charge < -0.3 is 63.4 Å². The Morgan fingerprint density at radius 1 is 0.279 bits per heavy atom. The third-order valence-electron chi connectivity index (χ3n) is 20.3. The highest BCUT2D eigenvalue weighted by atomic mass is 16.8. The SMILES string of the molecule is CCC(CC(CC(C)c1ccc(O)c(C(C)c2ccc(O)c(C(C)c3ccc(OC(=O)OC(C)(C)C)c(C(C)c4ccc(OC(=O)OC(C)(C)C)cc4)c3)c2)c1)c1ccc(OC(=O)OC(C)(C)C)cc1)c1ccc(O)c(C(C)c2ccc(O)c(C(C)c3ccc(O)c(C(C)c4ccc(OC(=O)OC(C)(C)C)cc4)c3)c2)c1. The molecule has 0 spiro atoms. The summed E-state index contributed by atoms with van der Waals surface area (Å²) < 4.78 is 44.2. The molecule has 9 unspecified atom stereocenters. The van der Waals surface area contributed by atoms with Gasteiger partial charge in [-0.25, -0.2) is 19.2 Å². The van der Waals surface area contributed by atoms with E-state index in [4.69, 9.17) is 37.9 Å². The second-order valence-electron chi connectivity index (χ2n) is 33.4. The average molecular weight is 1510 g/mol. The summed E-state index contributed by atoms with van der Waals surface area (Å²) in [6, 6.07) is 55.5. The van der Waals surface area contributed by atoms with Crippen LogP contribution in [0.3, 0.4) is 0 Å². The summed E-state index contributed by atoms with van der Waals surface area (Å²) in [6.45, 7) is 37.6. The van der Waals surface area contributed by atoms with Crippen molar-refractivity contribution in [1.29, 1.82) is 0 Å². The number of rotatable bonds is 24. The second kappa shape index (κ2) is 35.0. The Kier molecular flexibility index (Phi) is 26.5. The molecule has 0 aliphatic carbocycles. The summed E-state index contributed by atoms with van der Waals surface area (Å²) in [5.41, 5.74) is 9.28. The number of hydrogen-bond donors (Lipinski definition) is 5. The quantitative estimate of drug-likeness (QED) is 0.0214. The van der Waals surface area contributed by atoms with E-state index in [2.05, 4.69) is 26.0 Å². The number of carbonyl (C=O) groups is 4. The van der Waals surface area contributed by atoms with Gasteiger partial charge in [0.25, 0.3) is 0 Å². The van der Waals surface area contributed by atoms with Crippen LogP contribution in [0.5, 0.6) is 51.7 Å². The van der Waals surface area contributed by atoms with Crippen molar-refractivity contribution < 1.29 is 82.6 Å². The van der Waals surface area contributed by atoms with Gasteiger partial charge in [-0.15, -0.1) is 0 Å². The summed E-state index contributed by atoms with van der Waals surface area (Å²) in [7, 11) is 0. The molecule has 17 nitrogen and oxygen atoms in total. The van der Waals surface area contributed by atoms with Crippen LogP contribution in [0.4, 0.5) is 19.2 Å². The zero-order valence-corrected chi connectivity index (χ0v) is 67.8. The Morgan fingerprint density at radius 3 is 0.847 bits per heavy atom. The van der Waals surface area contributed by atoms with Crippen LogP contribution in [0.2, 0.25) is 0 Å². The van der Waals surface area contributed by atoms with Crippen LogP contribution in [-0.4, -0.2) is 72.6 Å². The molecule has 0 heterocycles. The Labute approximate surface area is 654 Å². The van der Waals surface area contributed by atoms with Crippen molar-refractivity contribution in [1.82, 2.24) is 0 Å². The molecule has 0 fully saturated rings. The molecule has 9 rings (SSSR count). The minimum absolute atomic E-state index is 0.00262. The van der Waals surface area contributed by atoms with E-state index in [9.17, 15) is 44.7 Å². The molecule has 9 aromatic carbocycles. The van der Waals surface area contributed by atoms with Crippen molar-refractivity contribution in [3.63, 3.8) is 0 Å². The minimum Gasteiger partial charge on any atom is -0.508 e. The molecule has 9 atom stereocenters. The molecule has 9 aromatic rings. The highest BCUT2D eigenvalue weighted by Crippen LogP contribution is 2.47. The first kappa shape index (κ1) is 84.1. The van der Waals surface area contributed by atoms with Crippen molar-refractivity contribution in [2.45, 2.75) is 233 Å². The van der Waals surface area contributed by atoms with E-state index in [-0.39, 0.29) is 87.8 Å². The molecule has 0 saturated heterocycles. The monoisotopic (exact) mass is 1510 g/mol. The van der Waals surface area contributed by atoms with Crippen LogP contribution in [0.15, 0.2) is 182 Å². The van der Waals surface area contributed by atoms with E-state index in [1.54, 1.807) is 156 Å². The fraction of sp³-hybridized carbons (Fsp3) is 0.383. The Bertz CT molecular complexity index is 4740. The van der Waals surface area contributed by atoms with Gasteiger partial charge in [0.1, 0.15) is 74.1 Å². The number of phenols is 5. The highest BCUT2D eigenvalue weighted by molar-refractivity contribution is 5.68. The van der Waals surface area contributed by atoms with Gasteiger partial charge in [-0.3, -0.25) is 0 Å². The molecule has 0 aromatic heterocycles. The zero-order chi connectivity index (χ0) is 81.4. The van der Waals surface area contributed by atoms with E-state index in [0.29, 0.717) is 57.9 Å². The lowest BCUT2D eigenvalue weighted by atomic mass is 9.77. The Hall–Kier alpha value is -10.9. The van der Waals surface area contributed by atoms with Crippen LogP contribution in [0.1, 0.15) is 294 Å². The maximum absolute atomic E-state index is 13.2. The number of ether oxygens (including phenoxy) is 8. The minimum atomic E-state index is -0.864. The maximum atomic E-state index is 13.2. The lowest BCUT2D eigenvalue weighted by Gasteiger charge is -2.28. The van der Waals surface area contributed by atoms with Gasteiger partial charge in [0, 0.05) is 68.9 Å². The van der Waals surface area contributed by atoms with E-state index in [1.807, 2.05) is 139 Å². The zero-order valence-electron chi connectivity index (χ0n) is 67.8. The van der Waals surface area contributed by atoms with Crippen LogP contribution < -0.4 is 18.9 Å². The van der Waals surface area contributed by atoms with E-state index < -0.39 is 47.0 Å². The summed E-state index contributed by atoms with van der Waals surface area (Å²) in [6.07, 6.45) is -1.16. The van der Waals surface area contributed by atoms with Crippen LogP contribution in [0.25, 0.3) is 0 Å². The van der Waals surface area contributed by atoms with Crippen molar-refractivity contribution in [3.05, 3.63) is 265 Å². The summed E-state index contributed by atoms with van der Waals surface area (Å²) >= 11 is 0. The van der Waals surface area contributed by atoms with Gasteiger partial charge in [-0.1, -0.05) is 165 Å². The van der Waals surface area contributed by atoms with Gasteiger partial charge in [-0.05, 0) is 243 Å². The molecular weight excluding hydrogens is 1400 g/mol. The molecule has 0 amide bonds. The molecule has 0 bridgehead atoms. The first-order valence-corrected chi connectivity index (χ1v) is 38.2. The second-order valence-corrected chi connectivity index (χ2v) is 33.4. The Balaban J connectivity index is 0.967. The third kappa shape index (κ3) is 22.6. The summed E-state index contributed by atoms with van der Waals surface area (Å²) in [5, 5.41) is 58.1. The standard InChI is InChI=1S/C94H110O17/c1-21-61(70-32-44-85(99)79(53-70)59(7)68-31-43-83(97)77(51-68)58(6)66-29-41-82(96)76(49-66)55(3)62-22-34-72(35-23-62)104-87(100)108-91(9,10)11)47-71(64-26-38-74(39-27-64)106-89(102)110-93(15,16)17)46-54(2)65-28-40-81(95)75(48-65)57(5)67-30-42-84(98)78(50-67)60(8)69-33-45-86(107-90(103)111-94(18,19)20)80(52-69)56(4)63-24-36-73(37-25-63)105-88(101)109-92(12,13)14/h22-45,48-61,71,95-99H,21,46-47H2,1-20H3. The van der Waals surface area contributed by atoms with Gasteiger partial charge in [0.2, 0.25) is 0 Å². The van der Waals surface area contributed by atoms with Crippen LogP contribution in [0, 0.1) is 0 Å². The molecule has 17 heteroatoms. The molecule has 111 heavy (non-hydrogen) atoms. The number of phenolic OH excluding ortho intramolecular Hbond substituents is 5. The predicted octanol–water partition coefficient (Wildman–Crippen LogP) is 24.2. The maximum Gasteiger partial charge on any atom is 0.514 e. The molecule has 5 N–H and O–H groups in total. The van der Waals surface area contributed by atoms with Gasteiger partial charge in [0.15, 0.2) is 0 Å². The largest absolute Gasteiger partial charge is 0.514 e. The van der Waals surface area contributed by atoms with Gasteiger partial charge in [-0.2, -0.15) is 0 Å². The first-order chi connectivity index (χ1) is 52.0. The van der Waals surface area contributed by atoms with Crippen LogP contribution >= 0.6 is 0 Å². The van der Waals surface area contributed by atoms with Crippen LogP contribution in [-0.2, 0) is 18.9 Å². The van der Waals surface area contributed by atoms with Crippen molar-refractivity contribution >= 4 is 24.6 Å². The Morgan fingerprint density at radius 2 is 0.523 bits per heavy atom. The number of hydrogen-bond acceptors (Lipinski definition) is 17. The van der Waals surface area contributed by atoms with E-state index >= 15 is 0 Å². The lowest BCUT2D eigenvalue weighted by Crippen LogP contribution is -2.26. The van der Waals surface area contributed by atoms with Crippen molar-refractivity contribution in [3.8, 4) is 51.7 Å². The normalized spacial score (nSPS) is 14.4. The number of carbonyl (C=O) groups excluding carboxylic acids is 4. The van der Waals surface area contributed by atoms with Crippen molar-refractivity contribution in [2.75, 3.05) is 0 Å². The van der Waals surface area contributed by atoms with Gasteiger partial charge >= 0.3 is 24.6 Å².